The molecule has 0 unspecified atom stereocenters. The van der Waals surface area contributed by atoms with Gasteiger partial charge in [0.1, 0.15) is 11.9 Å². The Morgan fingerprint density at radius 3 is 2.82 bits per heavy atom. The minimum absolute atomic E-state index is 0.0993. The van der Waals surface area contributed by atoms with E-state index in [0.717, 1.165) is 22.2 Å². The first-order valence-electron chi connectivity index (χ1n) is 12.4. The van der Waals surface area contributed by atoms with Crippen LogP contribution in [0.3, 0.4) is 0 Å². The molecule has 0 saturated heterocycles. The number of aromatic amines is 1. The van der Waals surface area contributed by atoms with Crippen LogP contribution >= 0.6 is 0 Å². The summed E-state index contributed by atoms with van der Waals surface area (Å²) >= 11 is 0. The van der Waals surface area contributed by atoms with Gasteiger partial charge in [-0.3, -0.25) is 19.4 Å². The van der Waals surface area contributed by atoms with Gasteiger partial charge < -0.3 is 25.3 Å². The standard InChI is InChI=1S/C28H28N6O4/c1-38-26(35)14-24-28(37)34(12-10-18-5-4-11-29-15-18)17-20-13-19(8-9-21(20)31-24)27(36)30-16-25-32-22-6-2-3-7-23(22)33-25/h2-9,11,13,15,24,31H,10,12,14,16-17H2,1H3,(H,30,36)(H,32,33)/t24-/m0/s1. The van der Waals surface area contributed by atoms with Crippen molar-refractivity contribution >= 4 is 34.5 Å². The summed E-state index contributed by atoms with van der Waals surface area (Å²) in [4.78, 5) is 51.9. The van der Waals surface area contributed by atoms with Gasteiger partial charge in [0.25, 0.3) is 5.91 Å². The molecule has 1 aliphatic heterocycles. The Morgan fingerprint density at radius 1 is 1.16 bits per heavy atom. The second-order valence-electron chi connectivity index (χ2n) is 9.10. The summed E-state index contributed by atoms with van der Waals surface area (Å²) in [7, 11) is 1.30. The molecule has 0 spiro atoms. The molecule has 2 aromatic heterocycles. The van der Waals surface area contributed by atoms with Crippen LogP contribution in [-0.2, 0) is 33.8 Å². The Morgan fingerprint density at radius 2 is 2.03 bits per heavy atom. The van der Waals surface area contributed by atoms with E-state index in [9.17, 15) is 14.4 Å². The highest BCUT2D eigenvalue weighted by atomic mass is 16.5. The minimum atomic E-state index is -0.773. The van der Waals surface area contributed by atoms with E-state index >= 15 is 0 Å². The average Bonchev–Trinajstić information content (AvgIpc) is 3.32. The number of ether oxygens (including phenoxy) is 1. The number of rotatable bonds is 8. The van der Waals surface area contributed by atoms with Gasteiger partial charge in [-0.2, -0.15) is 0 Å². The van der Waals surface area contributed by atoms with Gasteiger partial charge in [-0.1, -0.05) is 18.2 Å². The highest BCUT2D eigenvalue weighted by Gasteiger charge is 2.31. The van der Waals surface area contributed by atoms with Crippen molar-refractivity contribution in [2.75, 3.05) is 19.0 Å². The van der Waals surface area contributed by atoms with Gasteiger partial charge in [-0.25, -0.2) is 4.98 Å². The molecule has 10 heteroatoms. The lowest BCUT2D eigenvalue weighted by Crippen LogP contribution is -2.42. The lowest BCUT2D eigenvalue weighted by Gasteiger charge is -2.24. The number of nitrogens with one attached hydrogen (secondary N) is 3. The Kier molecular flexibility index (Phi) is 7.30. The number of pyridine rings is 1. The average molecular weight is 513 g/mol. The molecule has 10 nitrogen and oxygen atoms in total. The summed E-state index contributed by atoms with van der Waals surface area (Å²) in [5.74, 6) is -0.273. The van der Waals surface area contributed by atoms with Crippen molar-refractivity contribution in [1.29, 1.82) is 0 Å². The van der Waals surface area contributed by atoms with Crippen LogP contribution in [-0.4, -0.2) is 57.3 Å². The molecular weight excluding hydrogens is 484 g/mol. The number of nitrogens with zero attached hydrogens (tertiary/aromatic N) is 3. The van der Waals surface area contributed by atoms with E-state index < -0.39 is 12.0 Å². The summed E-state index contributed by atoms with van der Waals surface area (Å²) in [6.45, 7) is 0.982. The van der Waals surface area contributed by atoms with Crippen molar-refractivity contribution in [3.05, 3.63) is 89.5 Å². The van der Waals surface area contributed by atoms with E-state index in [1.807, 2.05) is 36.4 Å². The number of fused-ring (bicyclic) bond motifs is 2. The number of methoxy groups -OCH3 is 1. The van der Waals surface area contributed by atoms with Crippen molar-refractivity contribution in [2.24, 2.45) is 0 Å². The monoisotopic (exact) mass is 512 g/mol. The van der Waals surface area contributed by atoms with Gasteiger partial charge in [0.2, 0.25) is 5.91 Å². The smallest absolute Gasteiger partial charge is 0.308 e. The number of aromatic nitrogens is 3. The first kappa shape index (κ1) is 24.9. The maximum atomic E-state index is 13.4. The third-order valence-corrected chi connectivity index (χ3v) is 6.51. The van der Waals surface area contributed by atoms with Gasteiger partial charge in [0, 0.05) is 36.7 Å². The highest BCUT2D eigenvalue weighted by Crippen LogP contribution is 2.26. The molecule has 0 saturated carbocycles. The topological polar surface area (TPSA) is 129 Å². The lowest BCUT2D eigenvalue weighted by atomic mass is 10.1. The van der Waals surface area contributed by atoms with Crippen LogP contribution in [0.4, 0.5) is 5.69 Å². The summed E-state index contributed by atoms with van der Waals surface area (Å²) in [6.07, 6.45) is 3.98. The Labute approximate surface area is 219 Å². The molecule has 5 rings (SSSR count). The van der Waals surface area contributed by atoms with E-state index in [1.54, 1.807) is 35.5 Å². The van der Waals surface area contributed by atoms with Gasteiger partial charge in [-0.05, 0) is 53.9 Å². The summed E-state index contributed by atoms with van der Waals surface area (Å²) in [6, 6.07) is 16.0. The Bertz CT molecular complexity index is 1440. The number of hydrogen-bond donors (Lipinski definition) is 3. The van der Waals surface area contributed by atoms with Crippen LogP contribution in [0.2, 0.25) is 0 Å². The number of benzene rings is 2. The lowest BCUT2D eigenvalue weighted by molar-refractivity contribution is -0.144. The van der Waals surface area contributed by atoms with E-state index in [1.165, 1.54) is 7.11 Å². The summed E-state index contributed by atoms with van der Waals surface area (Å²) < 4.78 is 4.81. The van der Waals surface area contributed by atoms with Crippen molar-refractivity contribution in [3.8, 4) is 0 Å². The normalized spacial score (nSPS) is 14.9. The fourth-order valence-corrected chi connectivity index (χ4v) is 4.50. The van der Waals surface area contributed by atoms with Crippen LogP contribution in [0.25, 0.3) is 11.0 Å². The molecule has 38 heavy (non-hydrogen) atoms. The molecule has 2 aromatic carbocycles. The minimum Gasteiger partial charge on any atom is -0.469 e. The SMILES string of the molecule is COC(=O)C[C@@H]1Nc2ccc(C(=O)NCc3nc4ccccc4[nH]3)cc2CN(CCc2cccnc2)C1=O. The highest BCUT2D eigenvalue weighted by molar-refractivity contribution is 5.96. The largest absolute Gasteiger partial charge is 0.469 e. The molecule has 194 valence electrons. The van der Waals surface area contributed by atoms with E-state index in [0.29, 0.717) is 36.6 Å². The Hall–Kier alpha value is -4.73. The second-order valence-corrected chi connectivity index (χ2v) is 9.10. The van der Waals surface area contributed by atoms with Crippen LogP contribution in [0.15, 0.2) is 67.0 Å². The van der Waals surface area contributed by atoms with Gasteiger partial charge in [0.05, 0.1) is 31.1 Å². The zero-order valence-electron chi connectivity index (χ0n) is 20.9. The van der Waals surface area contributed by atoms with E-state index in [-0.39, 0.29) is 24.8 Å². The van der Waals surface area contributed by atoms with Crippen molar-refractivity contribution < 1.29 is 19.1 Å². The maximum absolute atomic E-state index is 13.4. The predicted molar refractivity (Wildman–Crippen MR) is 141 cm³/mol. The van der Waals surface area contributed by atoms with E-state index in [4.69, 9.17) is 4.74 Å². The second kappa shape index (κ2) is 11.1. The third-order valence-electron chi connectivity index (χ3n) is 6.51. The summed E-state index contributed by atoms with van der Waals surface area (Å²) in [5.41, 5.74) is 4.70. The number of esters is 1. The number of carbonyl (C=O) groups excluding carboxylic acids is 3. The van der Waals surface area contributed by atoms with Crippen molar-refractivity contribution in [2.45, 2.75) is 32.0 Å². The van der Waals surface area contributed by atoms with Crippen LogP contribution < -0.4 is 10.6 Å². The van der Waals surface area contributed by atoms with E-state index in [2.05, 4.69) is 25.6 Å². The molecule has 3 N–H and O–H groups in total. The maximum Gasteiger partial charge on any atom is 0.308 e. The molecule has 0 radical (unpaired) electrons. The fourth-order valence-electron chi connectivity index (χ4n) is 4.50. The number of imidazole rings is 1. The molecule has 1 atom stereocenters. The molecule has 4 aromatic rings. The number of amides is 2. The van der Waals surface area contributed by atoms with Crippen LogP contribution in [0.5, 0.6) is 0 Å². The molecule has 3 heterocycles. The van der Waals surface area contributed by atoms with Gasteiger partial charge >= 0.3 is 5.97 Å². The Balaban J connectivity index is 1.33. The fraction of sp³-hybridized carbons (Fsp3) is 0.250. The van der Waals surface area contributed by atoms with Gasteiger partial charge in [0.15, 0.2) is 0 Å². The summed E-state index contributed by atoms with van der Waals surface area (Å²) in [5, 5.41) is 6.10. The van der Waals surface area contributed by atoms with Gasteiger partial charge in [-0.15, -0.1) is 0 Å². The molecule has 0 bridgehead atoms. The predicted octanol–water partition coefficient (Wildman–Crippen LogP) is 2.82. The van der Waals surface area contributed by atoms with Crippen molar-refractivity contribution in [3.63, 3.8) is 0 Å². The quantitative estimate of drug-likeness (QED) is 0.310. The number of anilines is 1. The number of para-hydroxylation sites is 2. The van der Waals surface area contributed by atoms with Crippen LogP contribution in [0.1, 0.15) is 33.7 Å². The zero-order chi connectivity index (χ0) is 26.5. The first-order chi connectivity index (χ1) is 18.5. The molecule has 2 amide bonds. The number of hydrogen-bond acceptors (Lipinski definition) is 7. The molecule has 1 aliphatic rings. The molecular formula is C28H28N6O4. The zero-order valence-corrected chi connectivity index (χ0v) is 20.9. The third kappa shape index (κ3) is 5.64. The van der Waals surface area contributed by atoms with Crippen LogP contribution in [0, 0.1) is 0 Å². The first-order valence-corrected chi connectivity index (χ1v) is 12.4. The number of H-pyrrole nitrogens is 1. The van der Waals surface area contributed by atoms with Crippen molar-refractivity contribution in [1.82, 2.24) is 25.2 Å². The molecule has 0 fully saturated rings. The molecule has 0 aliphatic carbocycles. The number of carbonyl (C=O) groups is 3.